The van der Waals surface area contributed by atoms with E-state index in [1.807, 2.05) is 5.32 Å². The Kier molecular flexibility index (Phi) is 2.02. The highest BCUT2D eigenvalue weighted by Gasteiger charge is 2.15. The van der Waals surface area contributed by atoms with E-state index in [0.717, 1.165) is 0 Å². The first-order valence-electron chi connectivity index (χ1n) is 11.8. The van der Waals surface area contributed by atoms with Crippen LogP contribution in [-0.4, -0.2) is 28.7 Å². The minimum atomic E-state index is -3.25. The highest BCUT2D eigenvalue weighted by atomic mass is 16.1. The van der Waals surface area contributed by atoms with Crippen LogP contribution in [0, 0.1) is 0 Å². The fraction of sp³-hybridized carbons (Fsp3) is 0.263. The van der Waals surface area contributed by atoms with Gasteiger partial charge in [0.05, 0.1) is 11.3 Å². The Labute approximate surface area is 153 Å². The fourth-order valence-electron chi connectivity index (χ4n) is 2.55. The summed E-state index contributed by atoms with van der Waals surface area (Å²) >= 11 is 0. The van der Waals surface area contributed by atoms with E-state index in [0.29, 0.717) is 16.6 Å². The number of benzene rings is 2. The van der Waals surface area contributed by atoms with Crippen molar-refractivity contribution in [2.75, 3.05) is 13.0 Å². The maximum Gasteiger partial charge on any atom is 0.250 e. The van der Waals surface area contributed by atoms with E-state index in [1.54, 1.807) is 24.4 Å². The topological polar surface area (TPSA) is 72.9 Å². The maximum absolute atomic E-state index is 11.7. The lowest BCUT2D eigenvalue weighted by Crippen LogP contribution is -2.28. The van der Waals surface area contributed by atoms with Crippen molar-refractivity contribution in [3.63, 3.8) is 0 Å². The number of nitrogens with two attached hydrogens (primary N) is 1. The molecule has 1 aliphatic heterocycles. The molecule has 0 bridgehead atoms. The monoisotopic (exact) mass is 329 g/mol. The maximum atomic E-state index is 11.7. The molecule has 24 heavy (non-hydrogen) atoms. The van der Waals surface area contributed by atoms with E-state index < -0.39 is 37.5 Å². The number of nitrogens with zero attached hydrogens (tertiary/aromatic N) is 2. The summed E-state index contributed by atoms with van der Waals surface area (Å²) in [6.07, 6.45) is -4.84. The Morgan fingerprint density at radius 3 is 2.96 bits per heavy atom. The summed E-state index contributed by atoms with van der Waals surface area (Å²) in [6.45, 7) is -6.01. The molecule has 2 aromatic carbocycles. The van der Waals surface area contributed by atoms with Gasteiger partial charge in [-0.15, -0.1) is 0 Å². The summed E-state index contributed by atoms with van der Waals surface area (Å²) in [7, 11) is 0. The molecule has 5 nitrogen and oxygen atoms in total. The van der Waals surface area contributed by atoms with Crippen LogP contribution < -0.4 is 11.1 Å². The van der Waals surface area contributed by atoms with Gasteiger partial charge in [-0.3, -0.25) is 4.79 Å². The van der Waals surface area contributed by atoms with Crippen molar-refractivity contribution in [3.05, 3.63) is 59.8 Å². The molecule has 1 aromatic heterocycles. The molecule has 2 heterocycles. The largest absolute Gasteiger partial charge is 0.366 e. The standard InChI is InChI=1S/C19H20N4O/c20-19(24)17-5-1-3-15-12-23(22-18(15)17)16-8-6-13(7-9-16)14-4-2-10-21-11-14/h1,3,5-9,12,14,21H,2,4,10-11H2,(H2,20,24)/i2D2,4D2,10D2,11D2,14D. The summed E-state index contributed by atoms with van der Waals surface area (Å²) in [6, 6.07) is 10.4. The number of carbonyl (C=O) groups excluding carboxylic acids is 1. The summed E-state index contributed by atoms with van der Waals surface area (Å²) in [5.41, 5.74) is 6.27. The lowest BCUT2D eigenvalue weighted by molar-refractivity contribution is 0.100. The number of hydrogen-bond donors (Lipinski definition) is 2. The molecular formula is C19H20N4O. The van der Waals surface area contributed by atoms with Crippen LogP contribution in [-0.2, 0) is 0 Å². The number of fused-ring (bicyclic) bond motifs is 1. The molecule has 5 heteroatoms. The van der Waals surface area contributed by atoms with Crippen molar-refractivity contribution in [2.24, 2.45) is 5.73 Å². The third kappa shape index (κ3) is 2.67. The number of rotatable bonds is 3. The van der Waals surface area contributed by atoms with Gasteiger partial charge in [-0.1, -0.05) is 24.3 Å². The minimum Gasteiger partial charge on any atom is -0.366 e. The highest BCUT2D eigenvalue weighted by molar-refractivity contribution is 6.04. The predicted octanol–water partition coefficient (Wildman–Crippen LogP) is 2.59. The zero-order valence-electron chi connectivity index (χ0n) is 21.5. The molecule has 1 unspecified atom stereocenters. The molecule has 0 aliphatic carbocycles. The molecule has 1 fully saturated rings. The summed E-state index contributed by atoms with van der Waals surface area (Å²) in [4.78, 5) is 11.7. The number of nitrogens with one attached hydrogen (secondary N) is 1. The van der Waals surface area contributed by atoms with E-state index in [-0.39, 0.29) is 11.1 Å². The van der Waals surface area contributed by atoms with Crippen LogP contribution >= 0.6 is 0 Å². The first-order chi connectivity index (χ1) is 15.1. The Hall–Kier alpha value is -2.66. The molecule has 0 saturated carbocycles. The number of amides is 1. The zero-order chi connectivity index (χ0) is 24.6. The molecular weight excluding hydrogens is 300 g/mol. The van der Waals surface area contributed by atoms with E-state index in [1.165, 1.54) is 28.9 Å². The number of primary amides is 1. The normalized spacial score (nSPS) is 34.9. The predicted molar refractivity (Wildman–Crippen MR) is 94.4 cm³/mol. The van der Waals surface area contributed by atoms with E-state index in [9.17, 15) is 4.79 Å². The SMILES string of the molecule is [2H]C1([2H])NC([2H])([2H])C([2H])(c2ccc(-n3cc4cccc(C(N)=O)c4n3)cc2)C([2H])([2H])C1([2H])[2H]. The zero-order valence-corrected chi connectivity index (χ0v) is 12.5. The van der Waals surface area contributed by atoms with Crippen molar-refractivity contribution in [3.8, 4) is 5.69 Å². The molecule has 3 aromatic rings. The second-order valence-electron chi connectivity index (χ2n) is 5.23. The number of carbonyl (C=O) groups is 1. The van der Waals surface area contributed by atoms with Gasteiger partial charge in [0.25, 0.3) is 5.91 Å². The van der Waals surface area contributed by atoms with Gasteiger partial charge in [-0.05, 0) is 48.9 Å². The van der Waals surface area contributed by atoms with Gasteiger partial charge in [0.1, 0.15) is 5.52 Å². The molecule has 1 amide bonds. The van der Waals surface area contributed by atoms with Gasteiger partial charge in [0, 0.05) is 30.4 Å². The Morgan fingerprint density at radius 1 is 1.33 bits per heavy atom. The van der Waals surface area contributed by atoms with Crippen LogP contribution in [0.4, 0.5) is 0 Å². The Balaban J connectivity index is 1.80. The third-order valence-electron chi connectivity index (χ3n) is 3.72. The summed E-state index contributed by atoms with van der Waals surface area (Å²) in [5.74, 6) is -3.47. The van der Waals surface area contributed by atoms with Gasteiger partial charge in [-0.2, -0.15) is 5.10 Å². The highest BCUT2D eigenvalue weighted by Crippen LogP contribution is 2.25. The van der Waals surface area contributed by atoms with Gasteiger partial charge in [0.2, 0.25) is 0 Å². The van der Waals surface area contributed by atoms with Crippen molar-refractivity contribution in [1.29, 1.82) is 0 Å². The molecule has 0 radical (unpaired) electrons. The molecule has 3 N–H and O–H groups in total. The fourth-order valence-corrected chi connectivity index (χ4v) is 2.55. The quantitative estimate of drug-likeness (QED) is 0.776. The van der Waals surface area contributed by atoms with E-state index in [2.05, 4.69) is 5.10 Å². The average molecular weight is 329 g/mol. The van der Waals surface area contributed by atoms with Crippen LogP contribution in [0.1, 0.15) is 46.9 Å². The molecule has 1 saturated heterocycles. The lowest BCUT2D eigenvalue weighted by atomic mass is 9.92. The van der Waals surface area contributed by atoms with Crippen molar-refractivity contribution >= 4 is 16.8 Å². The van der Waals surface area contributed by atoms with Crippen molar-refractivity contribution in [1.82, 2.24) is 15.1 Å². The van der Waals surface area contributed by atoms with Crippen LogP contribution in [0.2, 0.25) is 0 Å². The van der Waals surface area contributed by atoms with Gasteiger partial charge in [0.15, 0.2) is 0 Å². The Morgan fingerprint density at radius 2 is 2.17 bits per heavy atom. The van der Waals surface area contributed by atoms with Crippen LogP contribution in [0.25, 0.3) is 16.6 Å². The number of hydrogen-bond acceptors (Lipinski definition) is 3. The van der Waals surface area contributed by atoms with Crippen molar-refractivity contribution < 1.29 is 17.1 Å². The first-order valence-corrected chi connectivity index (χ1v) is 7.25. The lowest BCUT2D eigenvalue weighted by Gasteiger charge is -2.23. The van der Waals surface area contributed by atoms with Gasteiger partial charge < -0.3 is 11.1 Å². The minimum absolute atomic E-state index is 0.192. The molecule has 0 spiro atoms. The van der Waals surface area contributed by atoms with Gasteiger partial charge >= 0.3 is 0 Å². The van der Waals surface area contributed by atoms with E-state index >= 15 is 0 Å². The molecule has 4 rings (SSSR count). The smallest absolute Gasteiger partial charge is 0.250 e. The van der Waals surface area contributed by atoms with Gasteiger partial charge in [-0.25, -0.2) is 4.68 Å². The van der Waals surface area contributed by atoms with Crippen LogP contribution in [0.5, 0.6) is 0 Å². The number of aromatic nitrogens is 2. The first kappa shape index (κ1) is 7.94. The van der Waals surface area contributed by atoms with Crippen molar-refractivity contribution in [2.45, 2.75) is 18.6 Å². The van der Waals surface area contributed by atoms with E-state index in [4.69, 9.17) is 18.1 Å². The molecule has 122 valence electrons. The summed E-state index contributed by atoms with van der Waals surface area (Å²) < 4.78 is 74.9. The third-order valence-corrected chi connectivity index (χ3v) is 3.72. The Bertz CT molecular complexity index is 1260. The van der Waals surface area contributed by atoms with Crippen LogP contribution in [0.3, 0.4) is 0 Å². The average Bonchev–Trinajstić information content (AvgIpc) is 3.15. The van der Waals surface area contributed by atoms with Crippen LogP contribution in [0.15, 0.2) is 48.7 Å². The number of piperidine rings is 1. The molecule has 1 aliphatic rings. The summed E-state index contributed by atoms with van der Waals surface area (Å²) in [5, 5.41) is 6.86. The molecule has 1 atom stereocenters. The second-order valence-corrected chi connectivity index (χ2v) is 5.23. The second kappa shape index (κ2) is 6.09.